The predicted octanol–water partition coefficient (Wildman–Crippen LogP) is 5.28. The molecule has 0 aliphatic heterocycles. The summed E-state index contributed by atoms with van der Waals surface area (Å²) in [6.07, 6.45) is 1.39. The van der Waals surface area contributed by atoms with Crippen LogP contribution in [0.4, 0.5) is 0 Å². The fraction of sp³-hybridized carbons (Fsp3) is 0.136. The zero-order valence-electron chi connectivity index (χ0n) is 16.6. The van der Waals surface area contributed by atoms with Gasteiger partial charge in [-0.25, -0.2) is 4.83 Å². The summed E-state index contributed by atoms with van der Waals surface area (Å²) in [5.41, 5.74) is 1.61. The molecule has 0 radical (unpaired) electrons. The number of rotatable bonds is 9. The molecule has 3 rings (SSSR count). The van der Waals surface area contributed by atoms with Gasteiger partial charge in [0.2, 0.25) is 0 Å². The van der Waals surface area contributed by atoms with E-state index in [1.54, 1.807) is 30.3 Å². The highest BCUT2D eigenvalue weighted by molar-refractivity contribution is 7.89. The highest BCUT2D eigenvalue weighted by Crippen LogP contribution is 2.29. The summed E-state index contributed by atoms with van der Waals surface area (Å²) in [5, 5.41) is 4.95. The minimum absolute atomic E-state index is 0.0648. The molecule has 0 bridgehead atoms. The van der Waals surface area contributed by atoms with E-state index in [0.717, 1.165) is 5.56 Å². The van der Waals surface area contributed by atoms with Gasteiger partial charge in [-0.15, -0.1) is 0 Å². The topological polar surface area (TPSA) is 77.0 Å². The minimum Gasteiger partial charge on any atom is -0.490 e. The molecule has 0 aliphatic rings. The zero-order valence-corrected chi connectivity index (χ0v) is 18.9. The molecule has 0 aromatic heterocycles. The first kappa shape index (κ1) is 22.9. The quantitative estimate of drug-likeness (QED) is 0.335. The Balaban J connectivity index is 1.69. The largest absolute Gasteiger partial charge is 0.490 e. The number of ether oxygens (including phenoxy) is 2. The number of hydrogen-bond donors (Lipinski definition) is 1. The molecule has 31 heavy (non-hydrogen) atoms. The van der Waals surface area contributed by atoms with Gasteiger partial charge in [-0.1, -0.05) is 35.3 Å². The summed E-state index contributed by atoms with van der Waals surface area (Å²) < 4.78 is 36.1. The number of nitrogens with one attached hydrogen (secondary N) is 1. The summed E-state index contributed by atoms with van der Waals surface area (Å²) in [7, 11) is -3.79. The van der Waals surface area contributed by atoms with Crippen LogP contribution >= 0.6 is 23.2 Å². The molecule has 0 fully saturated rings. The van der Waals surface area contributed by atoms with Crippen LogP contribution in [0, 0.1) is 0 Å². The van der Waals surface area contributed by atoms with E-state index < -0.39 is 10.0 Å². The molecule has 3 aromatic carbocycles. The molecule has 3 aromatic rings. The van der Waals surface area contributed by atoms with Crippen LogP contribution in [0.5, 0.6) is 11.5 Å². The van der Waals surface area contributed by atoms with E-state index in [1.165, 1.54) is 30.5 Å². The van der Waals surface area contributed by atoms with Gasteiger partial charge in [-0.05, 0) is 72.6 Å². The Hall–Kier alpha value is -2.74. The Morgan fingerprint density at radius 1 is 0.903 bits per heavy atom. The highest BCUT2D eigenvalue weighted by Gasteiger charge is 2.12. The third kappa shape index (κ3) is 6.62. The van der Waals surface area contributed by atoms with Crippen LogP contribution in [-0.4, -0.2) is 21.2 Å². The first-order valence-corrected chi connectivity index (χ1v) is 11.6. The molecule has 0 unspecified atom stereocenters. The van der Waals surface area contributed by atoms with Crippen molar-refractivity contribution in [3.63, 3.8) is 0 Å². The van der Waals surface area contributed by atoms with E-state index in [0.29, 0.717) is 40.3 Å². The standard InChI is InChI=1S/C22H20Cl2N2O4S/c1-2-29-22-13-17(5-12-21(22)30-15-16-3-6-18(23)7-4-16)14-25-26-31(27,28)20-10-8-19(24)9-11-20/h3-14,26H,2,15H2,1H3/b25-14-. The Morgan fingerprint density at radius 2 is 1.55 bits per heavy atom. The van der Waals surface area contributed by atoms with Crippen molar-refractivity contribution >= 4 is 39.4 Å². The summed E-state index contributed by atoms with van der Waals surface area (Å²) >= 11 is 11.7. The second kappa shape index (κ2) is 10.5. The second-order valence-corrected chi connectivity index (χ2v) is 8.89. The van der Waals surface area contributed by atoms with Gasteiger partial charge in [0.1, 0.15) is 6.61 Å². The predicted molar refractivity (Wildman–Crippen MR) is 123 cm³/mol. The van der Waals surface area contributed by atoms with Gasteiger partial charge in [0.25, 0.3) is 10.0 Å². The third-order valence-corrected chi connectivity index (χ3v) is 5.83. The molecule has 0 saturated carbocycles. The number of halogens is 2. The van der Waals surface area contributed by atoms with Gasteiger partial charge >= 0.3 is 0 Å². The molecular formula is C22H20Cl2N2O4S. The van der Waals surface area contributed by atoms with Gasteiger partial charge in [0, 0.05) is 10.0 Å². The highest BCUT2D eigenvalue weighted by atomic mass is 35.5. The van der Waals surface area contributed by atoms with Crippen LogP contribution < -0.4 is 14.3 Å². The lowest BCUT2D eigenvalue weighted by Crippen LogP contribution is -2.18. The molecule has 162 valence electrons. The fourth-order valence-electron chi connectivity index (χ4n) is 2.57. The SMILES string of the molecule is CCOc1cc(/C=N\NS(=O)(=O)c2ccc(Cl)cc2)ccc1OCc1ccc(Cl)cc1. The van der Waals surface area contributed by atoms with Gasteiger partial charge in [0.15, 0.2) is 11.5 Å². The van der Waals surface area contributed by atoms with E-state index >= 15 is 0 Å². The average Bonchev–Trinajstić information content (AvgIpc) is 2.75. The van der Waals surface area contributed by atoms with E-state index in [9.17, 15) is 8.42 Å². The summed E-state index contributed by atoms with van der Waals surface area (Å²) in [6.45, 7) is 2.66. The van der Waals surface area contributed by atoms with Crippen LogP contribution in [0.2, 0.25) is 10.0 Å². The molecule has 9 heteroatoms. The maximum atomic E-state index is 12.3. The summed E-state index contributed by atoms with van der Waals surface area (Å²) in [6, 6.07) is 18.4. The molecule has 0 aliphatic carbocycles. The van der Waals surface area contributed by atoms with E-state index in [4.69, 9.17) is 32.7 Å². The summed E-state index contributed by atoms with van der Waals surface area (Å²) in [5.74, 6) is 1.09. The van der Waals surface area contributed by atoms with Crippen molar-refractivity contribution in [2.24, 2.45) is 5.10 Å². The van der Waals surface area contributed by atoms with Gasteiger partial charge in [0.05, 0.1) is 17.7 Å². The lowest BCUT2D eigenvalue weighted by atomic mass is 10.2. The smallest absolute Gasteiger partial charge is 0.276 e. The maximum absolute atomic E-state index is 12.3. The fourth-order valence-corrected chi connectivity index (χ4v) is 3.61. The Kier molecular flexibility index (Phi) is 7.79. The van der Waals surface area contributed by atoms with E-state index in [1.807, 2.05) is 19.1 Å². The number of benzene rings is 3. The van der Waals surface area contributed by atoms with E-state index in [-0.39, 0.29) is 4.90 Å². The van der Waals surface area contributed by atoms with E-state index in [2.05, 4.69) is 9.93 Å². The molecule has 0 amide bonds. The molecular weight excluding hydrogens is 459 g/mol. The second-order valence-electron chi connectivity index (χ2n) is 6.36. The first-order chi connectivity index (χ1) is 14.9. The number of hydrazone groups is 1. The van der Waals surface area contributed by atoms with Crippen molar-refractivity contribution in [1.82, 2.24) is 4.83 Å². The zero-order chi connectivity index (χ0) is 22.3. The number of sulfonamides is 1. The van der Waals surface area contributed by atoms with Crippen molar-refractivity contribution in [2.75, 3.05) is 6.61 Å². The van der Waals surface area contributed by atoms with Crippen LogP contribution in [0.25, 0.3) is 0 Å². The van der Waals surface area contributed by atoms with Crippen molar-refractivity contribution in [3.05, 3.63) is 87.9 Å². The van der Waals surface area contributed by atoms with Crippen LogP contribution in [0.15, 0.2) is 76.7 Å². The number of nitrogens with zero attached hydrogens (tertiary/aromatic N) is 1. The van der Waals surface area contributed by atoms with Crippen LogP contribution in [-0.2, 0) is 16.6 Å². The van der Waals surface area contributed by atoms with Gasteiger partial charge < -0.3 is 9.47 Å². The molecule has 0 heterocycles. The van der Waals surface area contributed by atoms with Crippen LogP contribution in [0.3, 0.4) is 0 Å². The maximum Gasteiger partial charge on any atom is 0.276 e. The van der Waals surface area contributed by atoms with Crippen molar-refractivity contribution in [3.8, 4) is 11.5 Å². The van der Waals surface area contributed by atoms with Crippen molar-refractivity contribution in [1.29, 1.82) is 0 Å². The molecule has 1 N–H and O–H groups in total. The van der Waals surface area contributed by atoms with Gasteiger partial charge in [-0.2, -0.15) is 13.5 Å². The number of hydrogen-bond acceptors (Lipinski definition) is 5. The minimum atomic E-state index is -3.79. The Morgan fingerprint density at radius 3 is 2.19 bits per heavy atom. The summed E-state index contributed by atoms with van der Waals surface area (Å²) in [4.78, 5) is 2.24. The van der Waals surface area contributed by atoms with Crippen LogP contribution in [0.1, 0.15) is 18.1 Å². The van der Waals surface area contributed by atoms with Crippen molar-refractivity contribution < 1.29 is 17.9 Å². The lowest BCUT2D eigenvalue weighted by Gasteiger charge is -2.12. The lowest BCUT2D eigenvalue weighted by molar-refractivity contribution is 0.269. The third-order valence-electron chi connectivity index (χ3n) is 4.09. The molecule has 0 saturated heterocycles. The van der Waals surface area contributed by atoms with Gasteiger partial charge in [-0.3, -0.25) is 0 Å². The molecule has 6 nitrogen and oxygen atoms in total. The first-order valence-electron chi connectivity index (χ1n) is 9.32. The monoisotopic (exact) mass is 478 g/mol. The normalized spacial score (nSPS) is 11.5. The average molecular weight is 479 g/mol. The van der Waals surface area contributed by atoms with Crippen molar-refractivity contribution in [2.45, 2.75) is 18.4 Å². The molecule has 0 atom stereocenters. The Bertz CT molecular complexity index is 1150. The Labute approximate surface area is 191 Å². The molecule has 0 spiro atoms.